The summed E-state index contributed by atoms with van der Waals surface area (Å²) in [5.41, 5.74) is 2.12. The fourth-order valence-corrected chi connectivity index (χ4v) is 9.50. The van der Waals surface area contributed by atoms with E-state index in [2.05, 4.69) is 18.6 Å². The van der Waals surface area contributed by atoms with Gasteiger partial charge in [0.1, 0.15) is 11.4 Å². The number of urea groups is 1. The van der Waals surface area contributed by atoms with Crippen LogP contribution in [0.5, 0.6) is 5.75 Å². The van der Waals surface area contributed by atoms with E-state index in [4.69, 9.17) is 14.7 Å². The molecular weight excluding hydrogens is 699 g/mol. The van der Waals surface area contributed by atoms with Gasteiger partial charge >= 0.3 is 6.03 Å². The van der Waals surface area contributed by atoms with E-state index in [9.17, 15) is 22.8 Å². The number of ether oxygens (including phenoxy) is 1. The predicted octanol–water partition coefficient (Wildman–Crippen LogP) is 6.80. The molecule has 4 heterocycles. The van der Waals surface area contributed by atoms with Gasteiger partial charge in [-0.3, -0.25) is 19.2 Å². The third-order valence-corrected chi connectivity index (χ3v) is 13.8. The maximum Gasteiger partial charge on any atom is 0.324 e. The van der Waals surface area contributed by atoms with Gasteiger partial charge in [-0.25, -0.2) is 23.2 Å². The molecule has 1 N–H and O–H groups in total. The average Bonchev–Trinajstić information content (AvgIpc) is 3.98. The Morgan fingerprint density at radius 1 is 1.12 bits per heavy atom. The number of nitrogens with zero attached hydrogens (tertiary/aromatic N) is 4. The number of nitrogens with one attached hydrogen (secondary N) is 1. The zero-order valence-electron chi connectivity index (χ0n) is 30.7. The van der Waals surface area contributed by atoms with Gasteiger partial charge in [0.15, 0.2) is 5.78 Å². The summed E-state index contributed by atoms with van der Waals surface area (Å²) >= 11 is 1.59. The Labute approximate surface area is 309 Å². The molecule has 13 heteroatoms. The van der Waals surface area contributed by atoms with E-state index in [1.807, 2.05) is 56.5 Å². The van der Waals surface area contributed by atoms with Crippen molar-refractivity contribution in [1.82, 2.24) is 24.5 Å². The van der Waals surface area contributed by atoms with Crippen LogP contribution in [0.3, 0.4) is 0 Å². The molecule has 1 aromatic carbocycles. The smallest absolute Gasteiger partial charge is 0.324 e. The number of thiazole rings is 1. The van der Waals surface area contributed by atoms with Crippen LogP contribution in [0.25, 0.3) is 22.3 Å². The molecule has 0 unspecified atom stereocenters. The normalized spacial score (nSPS) is 26.1. The summed E-state index contributed by atoms with van der Waals surface area (Å²) < 4.78 is 34.8. The van der Waals surface area contributed by atoms with E-state index >= 15 is 0 Å². The van der Waals surface area contributed by atoms with E-state index < -0.39 is 38.0 Å². The van der Waals surface area contributed by atoms with Crippen molar-refractivity contribution in [2.75, 3.05) is 20.1 Å². The summed E-state index contributed by atoms with van der Waals surface area (Å²) in [5.74, 6) is -0.509. The van der Waals surface area contributed by atoms with Gasteiger partial charge in [-0.15, -0.1) is 11.3 Å². The Morgan fingerprint density at radius 3 is 2.60 bits per heavy atom. The molecule has 3 amide bonds. The minimum Gasteiger partial charge on any atom is -0.481 e. The summed E-state index contributed by atoms with van der Waals surface area (Å²) in [6.45, 7) is 10.7. The van der Waals surface area contributed by atoms with Gasteiger partial charge in [0.2, 0.25) is 15.9 Å². The Balaban J connectivity index is 1.26. The first-order valence-corrected chi connectivity index (χ1v) is 20.6. The van der Waals surface area contributed by atoms with E-state index in [-0.39, 0.29) is 36.5 Å². The van der Waals surface area contributed by atoms with E-state index in [0.717, 1.165) is 52.0 Å². The molecular formula is C39H47N5O6S2. The highest BCUT2D eigenvalue weighted by Crippen LogP contribution is 2.57. The number of Topliss-reactive ketones (excluding diaryl/α,β-unsaturated/α-hetero) is 1. The summed E-state index contributed by atoms with van der Waals surface area (Å²) in [6.07, 6.45) is 9.17. The molecule has 4 aliphatic rings. The summed E-state index contributed by atoms with van der Waals surface area (Å²) in [4.78, 5) is 55.2. The number of hydrogen-bond acceptors (Lipinski definition) is 9. The number of aromatic nitrogens is 2. The Bertz CT molecular complexity index is 2140. The number of carbonyl (C=O) groups excluding carboxylic acids is 3. The highest BCUT2D eigenvalue weighted by Gasteiger charge is 2.61. The third-order valence-electron chi connectivity index (χ3n) is 10.9. The minimum absolute atomic E-state index is 0.0635. The van der Waals surface area contributed by atoms with Crippen molar-refractivity contribution in [3.05, 3.63) is 63.6 Å². The summed E-state index contributed by atoms with van der Waals surface area (Å²) in [6, 6.07) is 5.55. The molecule has 0 radical (unpaired) electrons. The second-order valence-corrected chi connectivity index (χ2v) is 18.4. The Morgan fingerprint density at radius 2 is 1.88 bits per heavy atom. The molecule has 7 rings (SSSR count). The standard InChI is InChI=1S/C39H47N5O6S2/c1-23(2)35-41-30(21-51-35)29-17-33(28-15-12-24(3)25(4)34(28)40-29)50-38(5)19-31-32(45)20-39(36(46)42-52(48,49)27-13-14-27)18-26(39)11-9-7-8-10-16-43(6)37(47)44(31)22-38/h9,11-12,15,17,19,21,23,26-27H,7-8,10,13-14,16,18,20,22H2,1-6H3,(H,42,46)/b11-9-/t26-,38-,39-/m1/s1. The van der Waals surface area contributed by atoms with Crippen LogP contribution in [-0.4, -0.2) is 76.9 Å². The molecule has 2 aromatic heterocycles. The molecule has 52 heavy (non-hydrogen) atoms. The maximum atomic E-state index is 14.4. The molecule has 0 saturated heterocycles. The fourth-order valence-electron chi connectivity index (χ4n) is 7.28. The first-order chi connectivity index (χ1) is 24.6. The van der Waals surface area contributed by atoms with Crippen LogP contribution in [0.2, 0.25) is 0 Å². The fraction of sp³-hybridized carbons (Fsp3) is 0.513. The molecule has 0 spiro atoms. The van der Waals surface area contributed by atoms with Crippen LogP contribution in [0.15, 0.2) is 47.5 Å². The van der Waals surface area contributed by atoms with Crippen molar-refractivity contribution in [2.24, 2.45) is 11.3 Å². The van der Waals surface area contributed by atoms with Gasteiger partial charge < -0.3 is 9.64 Å². The monoisotopic (exact) mass is 745 g/mol. The molecule has 11 nitrogen and oxygen atoms in total. The van der Waals surface area contributed by atoms with Gasteiger partial charge in [-0.05, 0) is 88.5 Å². The van der Waals surface area contributed by atoms with Crippen molar-refractivity contribution >= 4 is 50.0 Å². The summed E-state index contributed by atoms with van der Waals surface area (Å²) in [5, 5.41) is 3.24. The first-order valence-electron chi connectivity index (χ1n) is 18.2. The largest absolute Gasteiger partial charge is 0.481 e. The molecule has 3 atom stereocenters. The van der Waals surface area contributed by atoms with Crippen LogP contribution >= 0.6 is 11.3 Å². The lowest BCUT2D eigenvalue weighted by Gasteiger charge is -2.30. The van der Waals surface area contributed by atoms with Crippen LogP contribution in [0, 0.1) is 25.2 Å². The van der Waals surface area contributed by atoms with Crippen molar-refractivity contribution in [3.63, 3.8) is 0 Å². The average molecular weight is 746 g/mol. The van der Waals surface area contributed by atoms with Gasteiger partial charge in [-0.2, -0.15) is 0 Å². The number of fused-ring (bicyclic) bond motifs is 3. The lowest BCUT2D eigenvalue weighted by Crippen LogP contribution is -2.46. The highest BCUT2D eigenvalue weighted by molar-refractivity contribution is 7.90. The molecule has 0 bridgehead atoms. The lowest BCUT2D eigenvalue weighted by molar-refractivity contribution is -0.129. The number of pyridine rings is 1. The van der Waals surface area contributed by atoms with Crippen molar-refractivity contribution in [2.45, 2.75) is 96.3 Å². The maximum absolute atomic E-state index is 14.4. The number of rotatable bonds is 7. The zero-order chi connectivity index (χ0) is 37.2. The number of benzene rings is 1. The van der Waals surface area contributed by atoms with Crippen LogP contribution in [-0.2, 0) is 19.6 Å². The van der Waals surface area contributed by atoms with E-state index in [0.29, 0.717) is 37.3 Å². The minimum atomic E-state index is -3.81. The third kappa shape index (κ3) is 6.89. The molecule has 2 aliphatic carbocycles. The number of amides is 3. The number of sulfonamides is 1. The first kappa shape index (κ1) is 36.3. The van der Waals surface area contributed by atoms with Crippen molar-refractivity contribution in [1.29, 1.82) is 0 Å². The zero-order valence-corrected chi connectivity index (χ0v) is 32.3. The number of aryl methyl sites for hydroxylation is 2. The van der Waals surface area contributed by atoms with Gasteiger partial charge in [-0.1, -0.05) is 32.1 Å². The van der Waals surface area contributed by atoms with E-state index in [1.165, 1.54) is 4.90 Å². The van der Waals surface area contributed by atoms with E-state index in [1.54, 1.807) is 29.4 Å². The molecule has 276 valence electrons. The second kappa shape index (κ2) is 13.4. The predicted molar refractivity (Wildman–Crippen MR) is 202 cm³/mol. The van der Waals surface area contributed by atoms with Crippen molar-refractivity contribution in [3.8, 4) is 17.1 Å². The topological polar surface area (TPSA) is 139 Å². The number of allylic oxidation sites excluding steroid dienone is 3. The Hall–Kier alpha value is -4.10. The second-order valence-electron chi connectivity index (χ2n) is 15.5. The van der Waals surface area contributed by atoms with Crippen LogP contribution in [0.4, 0.5) is 4.79 Å². The lowest BCUT2D eigenvalue weighted by atomic mass is 9.93. The Kier molecular flexibility index (Phi) is 9.34. The SMILES string of the molecule is Cc1ccc2c(O[C@]3(C)C=C4C(=O)C[C@]5(C(=O)NS(=O)(=O)C6CC6)C[C@H]5/C=C\CCCCN(C)C(=O)N4C3)cc(-c3csc(C(C)C)n3)nc2c1C. The highest BCUT2D eigenvalue weighted by atomic mass is 32.2. The molecule has 2 aliphatic heterocycles. The number of ketones is 1. The quantitative estimate of drug-likeness (QED) is 0.261. The number of carbonyl (C=O) groups is 3. The van der Waals surface area contributed by atoms with Crippen LogP contribution in [0.1, 0.15) is 87.8 Å². The molecule has 2 fully saturated rings. The summed E-state index contributed by atoms with van der Waals surface area (Å²) in [7, 11) is -2.09. The van der Waals surface area contributed by atoms with Gasteiger partial charge in [0, 0.05) is 42.8 Å². The number of hydrogen-bond donors (Lipinski definition) is 1. The van der Waals surface area contributed by atoms with Crippen molar-refractivity contribution < 1.29 is 27.5 Å². The van der Waals surface area contributed by atoms with Crippen LogP contribution < -0.4 is 9.46 Å². The van der Waals surface area contributed by atoms with Gasteiger partial charge in [0.05, 0.1) is 44.8 Å². The molecule has 2 saturated carbocycles. The molecule has 3 aromatic rings. The van der Waals surface area contributed by atoms with Gasteiger partial charge in [0.25, 0.3) is 0 Å².